The number of aromatic nitrogens is 8. The SMILES string of the molecule is Cc1noc([C@H]2O[C@@H](n3cnc4c(NCC(c5ccccc5)c5ccccc5)nc(NCCc5c[nH]cn5)nc43)[C@H](O)[C@@H]2OC=O)n1. The molecule has 4 N–H and O–H groups in total. The van der Waals surface area contributed by atoms with Gasteiger partial charge in [-0.1, -0.05) is 65.8 Å². The number of nitrogens with zero attached hydrogens (tertiary/aromatic N) is 7. The van der Waals surface area contributed by atoms with Crippen LogP contribution in [0.5, 0.6) is 0 Å². The average Bonchev–Trinajstić information content (AvgIpc) is 3.91. The third kappa shape index (κ3) is 6.25. The molecule has 6 aromatic rings. The Bertz CT molecular complexity index is 1880. The smallest absolute Gasteiger partial charge is 0.293 e. The Labute approximate surface area is 268 Å². The van der Waals surface area contributed by atoms with E-state index in [9.17, 15) is 9.90 Å². The van der Waals surface area contributed by atoms with E-state index < -0.39 is 24.5 Å². The number of H-pyrrole nitrogens is 1. The molecule has 1 aliphatic heterocycles. The van der Waals surface area contributed by atoms with Crippen molar-refractivity contribution in [2.45, 2.75) is 43.8 Å². The molecule has 0 amide bonds. The zero-order valence-electron chi connectivity index (χ0n) is 25.3. The molecule has 1 aliphatic rings. The van der Waals surface area contributed by atoms with E-state index in [2.05, 4.69) is 60.0 Å². The minimum atomic E-state index is -1.31. The molecule has 15 nitrogen and oxygen atoms in total. The van der Waals surface area contributed by atoms with Crippen LogP contribution in [0.25, 0.3) is 11.2 Å². The van der Waals surface area contributed by atoms with Gasteiger partial charge in [-0.25, -0.2) is 9.97 Å². The number of nitrogens with one attached hydrogen (secondary N) is 3. The van der Waals surface area contributed by atoms with E-state index in [4.69, 9.17) is 24.0 Å². The van der Waals surface area contributed by atoms with Crippen LogP contribution in [-0.2, 0) is 20.7 Å². The summed E-state index contributed by atoms with van der Waals surface area (Å²) in [6.45, 7) is 2.93. The Morgan fingerprint density at radius 3 is 2.47 bits per heavy atom. The number of aryl methyl sites for hydroxylation is 1. The van der Waals surface area contributed by atoms with Gasteiger partial charge in [0.2, 0.25) is 5.95 Å². The fraction of sp³-hybridized carbons (Fsp3) is 0.281. The lowest BCUT2D eigenvalue weighted by molar-refractivity contribution is -0.140. The molecule has 0 unspecified atom stereocenters. The van der Waals surface area contributed by atoms with Crippen molar-refractivity contribution in [1.29, 1.82) is 0 Å². The first-order chi connectivity index (χ1) is 23.1. The third-order valence-electron chi connectivity index (χ3n) is 8.00. The maximum atomic E-state index is 11.4. The molecule has 0 aliphatic carbocycles. The van der Waals surface area contributed by atoms with Crippen LogP contribution in [0.15, 0.2) is 84.0 Å². The number of rotatable bonds is 13. The molecule has 5 heterocycles. The van der Waals surface area contributed by atoms with Crippen LogP contribution in [0.1, 0.15) is 46.8 Å². The standard InChI is InChI=1S/C32H32N10O5/c1-19-38-30(47-41-19)27-26(45-18-43)25(44)31(46-27)42-17-37-24-28(39-32(40-29(24)42)34-13-12-22-14-33-16-36-22)35-15-23(20-8-4-2-5-9-20)21-10-6-3-7-11-21/h2-11,14,16-18,23,25-27,31,44H,12-13,15H2,1H3,(H,33,36)(H2,34,35,39,40)/t25-,26+,27+,31-/m1/s1. The Kier molecular flexibility index (Phi) is 8.53. The topological polar surface area (TPSA) is 191 Å². The van der Waals surface area contributed by atoms with Gasteiger partial charge in [-0.2, -0.15) is 15.0 Å². The second-order valence-electron chi connectivity index (χ2n) is 11.0. The normalized spacial score (nSPS) is 19.3. The van der Waals surface area contributed by atoms with Gasteiger partial charge < -0.3 is 34.7 Å². The van der Waals surface area contributed by atoms with Gasteiger partial charge in [-0.05, 0) is 18.1 Å². The van der Waals surface area contributed by atoms with Crippen molar-refractivity contribution in [2.24, 2.45) is 0 Å². The summed E-state index contributed by atoms with van der Waals surface area (Å²) in [5.74, 6) is 1.29. The van der Waals surface area contributed by atoms with Gasteiger partial charge in [0.05, 0.1) is 18.3 Å². The Hall–Kier alpha value is -5.67. The Morgan fingerprint density at radius 2 is 1.81 bits per heavy atom. The Morgan fingerprint density at radius 1 is 1.04 bits per heavy atom. The van der Waals surface area contributed by atoms with E-state index in [0.717, 1.165) is 16.8 Å². The number of aliphatic hydroxyl groups is 1. The molecule has 0 radical (unpaired) electrons. The highest BCUT2D eigenvalue weighted by Crippen LogP contribution is 2.41. The van der Waals surface area contributed by atoms with E-state index in [1.54, 1.807) is 17.8 Å². The lowest BCUT2D eigenvalue weighted by atomic mass is 9.91. The molecule has 7 rings (SSSR count). The highest BCUT2D eigenvalue weighted by atomic mass is 16.6. The second-order valence-corrected chi connectivity index (χ2v) is 11.0. The highest BCUT2D eigenvalue weighted by molar-refractivity contribution is 5.84. The first-order valence-electron chi connectivity index (χ1n) is 15.1. The summed E-state index contributed by atoms with van der Waals surface area (Å²) in [6, 6.07) is 20.5. The van der Waals surface area contributed by atoms with Crippen LogP contribution in [0.3, 0.4) is 0 Å². The minimum absolute atomic E-state index is 0.0143. The van der Waals surface area contributed by atoms with Gasteiger partial charge in [-0.3, -0.25) is 9.36 Å². The van der Waals surface area contributed by atoms with Crippen molar-refractivity contribution in [2.75, 3.05) is 23.7 Å². The van der Waals surface area contributed by atoms with E-state index in [1.807, 2.05) is 42.6 Å². The molecule has 2 aromatic carbocycles. The van der Waals surface area contributed by atoms with Crippen molar-refractivity contribution in [3.8, 4) is 0 Å². The lowest BCUT2D eigenvalue weighted by Gasteiger charge is -2.20. The number of hydrogen-bond donors (Lipinski definition) is 4. The third-order valence-corrected chi connectivity index (χ3v) is 8.00. The minimum Gasteiger partial charge on any atom is -0.458 e. The average molecular weight is 637 g/mol. The molecule has 0 spiro atoms. The monoisotopic (exact) mass is 636 g/mol. The molecule has 240 valence electrons. The van der Waals surface area contributed by atoms with Gasteiger partial charge >= 0.3 is 0 Å². The summed E-state index contributed by atoms with van der Waals surface area (Å²) in [5.41, 5.74) is 4.03. The number of fused-ring (bicyclic) bond motifs is 1. The van der Waals surface area contributed by atoms with Gasteiger partial charge in [-0.15, -0.1) is 0 Å². The van der Waals surface area contributed by atoms with Crippen molar-refractivity contribution < 1.29 is 23.9 Å². The summed E-state index contributed by atoms with van der Waals surface area (Å²) in [5, 5.41) is 22.0. The van der Waals surface area contributed by atoms with Crippen molar-refractivity contribution in [3.63, 3.8) is 0 Å². The van der Waals surface area contributed by atoms with Crippen molar-refractivity contribution in [3.05, 3.63) is 108 Å². The van der Waals surface area contributed by atoms with E-state index in [1.165, 1.54) is 6.33 Å². The number of hydrogen-bond acceptors (Lipinski definition) is 13. The zero-order chi connectivity index (χ0) is 32.2. The second kappa shape index (κ2) is 13.4. The number of benzene rings is 2. The summed E-state index contributed by atoms with van der Waals surface area (Å²) in [7, 11) is 0. The Balaban J connectivity index is 1.23. The van der Waals surface area contributed by atoms with Crippen molar-refractivity contribution in [1.82, 2.24) is 39.6 Å². The highest BCUT2D eigenvalue weighted by Gasteiger charge is 2.50. The van der Waals surface area contributed by atoms with Crippen molar-refractivity contribution >= 4 is 29.4 Å². The summed E-state index contributed by atoms with van der Waals surface area (Å²) >= 11 is 0. The molecule has 4 aromatic heterocycles. The van der Waals surface area contributed by atoms with Crippen LogP contribution in [0.2, 0.25) is 0 Å². The molecule has 0 bridgehead atoms. The van der Waals surface area contributed by atoms with Gasteiger partial charge in [0.1, 0.15) is 6.10 Å². The van der Waals surface area contributed by atoms with Crippen LogP contribution >= 0.6 is 0 Å². The lowest BCUT2D eigenvalue weighted by Crippen LogP contribution is -2.31. The largest absolute Gasteiger partial charge is 0.458 e. The van der Waals surface area contributed by atoms with Gasteiger partial charge in [0.25, 0.3) is 12.4 Å². The van der Waals surface area contributed by atoms with Crippen LogP contribution in [-0.4, -0.2) is 76.5 Å². The molecule has 47 heavy (non-hydrogen) atoms. The summed E-state index contributed by atoms with van der Waals surface area (Å²) in [6.07, 6.45) is 1.13. The molecular weight excluding hydrogens is 604 g/mol. The van der Waals surface area contributed by atoms with E-state index >= 15 is 0 Å². The molecule has 15 heteroatoms. The first-order valence-corrected chi connectivity index (χ1v) is 15.1. The molecular formula is C32H32N10O5. The fourth-order valence-corrected chi connectivity index (χ4v) is 5.76. The number of imidazole rings is 2. The number of aliphatic hydroxyl groups excluding tert-OH is 1. The zero-order valence-corrected chi connectivity index (χ0v) is 25.3. The van der Waals surface area contributed by atoms with E-state index in [0.29, 0.717) is 48.3 Å². The van der Waals surface area contributed by atoms with Gasteiger partial charge in [0.15, 0.2) is 41.2 Å². The number of carbonyl (C=O) groups excluding carboxylic acids is 1. The summed E-state index contributed by atoms with van der Waals surface area (Å²) in [4.78, 5) is 37.1. The molecule has 4 atom stereocenters. The fourth-order valence-electron chi connectivity index (χ4n) is 5.76. The number of aromatic amines is 1. The first kappa shape index (κ1) is 30.0. The van der Waals surface area contributed by atoms with Crippen LogP contribution in [0.4, 0.5) is 11.8 Å². The van der Waals surface area contributed by atoms with Crippen LogP contribution < -0.4 is 10.6 Å². The predicted molar refractivity (Wildman–Crippen MR) is 168 cm³/mol. The molecule has 1 saturated heterocycles. The summed E-state index contributed by atoms with van der Waals surface area (Å²) < 4.78 is 18.3. The number of anilines is 2. The van der Waals surface area contributed by atoms with Crippen LogP contribution in [0, 0.1) is 6.92 Å². The van der Waals surface area contributed by atoms with E-state index in [-0.39, 0.29) is 18.3 Å². The molecule has 0 saturated carbocycles. The number of ether oxygens (including phenoxy) is 2. The maximum absolute atomic E-state index is 11.4. The van der Waals surface area contributed by atoms with Gasteiger partial charge in [0, 0.05) is 31.6 Å². The molecule has 1 fully saturated rings. The quantitative estimate of drug-likeness (QED) is 0.135. The number of carbonyl (C=O) groups is 1. The predicted octanol–water partition coefficient (Wildman–Crippen LogP) is 3.31. The maximum Gasteiger partial charge on any atom is 0.293 e.